The quantitative estimate of drug-likeness (QED) is 0.405. The van der Waals surface area contributed by atoms with Crippen molar-refractivity contribution in [2.24, 2.45) is 5.73 Å². The van der Waals surface area contributed by atoms with Crippen LogP contribution in [-0.4, -0.2) is 48.7 Å². The Bertz CT molecular complexity index is 1500. The van der Waals surface area contributed by atoms with E-state index in [1.165, 1.54) is 41.3 Å². The third-order valence-corrected chi connectivity index (χ3v) is 9.31. The summed E-state index contributed by atoms with van der Waals surface area (Å²) in [4.78, 5) is 28.0. The van der Waals surface area contributed by atoms with Gasteiger partial charge in [0.1, 0.15) is 0 Å². The maximum atomic E-state index is 13.6. The molecule has 200 valence electrons. The minimum atomic E-state index is -4.26. The smallest absolute Gasteiger partial charge is 0.259 e. The molecule has 13 heteroatoms. The Morgan fingerprint density at radius 1 is 0.868 bits per heavy atom. The van der Waals surface area contributed by atoms with Crippen molar-refractivity contribution in [1.82, 2.24) is 14.5 Å². The zero-order valence-corrected chi connectivity index (χ0v) is 23.5. The molecule has 3 aromatic rings. The van der Waals surface area contributed by atoms with Crippen molar-refractivity contribution >= 4 is 68.2 Å². The van der Waals surface area contributed by atoms with Crippen LogP contribution in [0.2, 0.25) is 20.1 Å². The number of carbonyl (C=O) groups excluding carboxylic acids is 2. The summed E-state index contributed by atoms with van der Waals surface area (Å²) in [7, 11) is -4.26. The molecule has 0 saturated carbocycles. The van der Waals surface area contributed by atoms with E-state index in [0.29, 0.717) is 6.54 Å². The summed E-state index contributed by atoms with van der Waals surface area (Å²) in [6.07, 6.45) is -1.48. The van der Waals surface area contributed by atoms with E-state index < -0.39 is 28.0 Å². The lowest BCUT2D eigenvalue weighted by Crippen LogP contribution is -2.53. The predicted octanol–water partition coefficient (Wildman–Crippen LogP) is 4.55. The van der Waals surface area contributed by atoms with E-state index in [0.717, 1.165) is 15.4 Å². The number of hydrogen-bond donors (Lipinski definition) is 2. The Kier molecular flexibility index (Phi) is 8.89. The van der Waals surface area contributed by atoms with E-state index in [1.54, 1.807) is 12.1 Å². The van der Waals surface area contributed by atoms with E-state index in [1.807, 2.05) is 12.1 Å². The van der Waals surface area contributed by atoms with Gasteiger partial charge < -0.3 is 16.0 Å². The van der Waals surface area contributed by atoms with Crippen LogP contribution in [0.15, 0.2) is 65.6 Å². The molecule has 3 aromatic carbocycles. The van der Waals surface area contributed by atoms with Gasteiger partial charge >= 0.3 is 0 Å². The van der Waals surface area contributed by atoms with E-state index in [9.17, 15) is 18.0 Å². The highest BCUT2D eigenvalue weighted by Gasteiger charge is 2.46. The van der Waals surface area contributed by atoms with E-state index in [4.69, 9.17) is 52.1 Å². The molecule has 3 N–H and O–H groups in total. The number of amides is 2. The Morgan fingerprint density at radius 2 is 1.53 bits per heavy atom. The first-order valence-corrected chi connectivity index (χ1v) is 14.3. The molecule has 4 rings (SSSR count). The first-order chi connectivity index (χ1) is 18.0. The predicted molar refractivity (Wildman–Crippen MR) is 148 cm³/mol. The molecule has 2 amide bonds. The van der Waals surface area contributed by atoms with Crippen LogP contribution in [0, 0.1) is 0 Å². The first-order valence-electron chi connectivity index (χ1n) is 11.3. The van der Waals surface area contributed by atoms with Crippen molar-refractivity contribution in [3.63, 3.8) is 0 Å². The summed E-state index contributed by atoms with van der Waals surface area (Å²) < 4.78 is 28.2. The summed E-state index contributed by atoms with van der Waals surface area (Å²) >= 11 is 24.1. The fourth-order valence-corrected chi connectivity index (χ4v) is 6.29. The van der Waals surface area contributed by atoms with Gasteiger partial charge in [0.25, 0.3) is 11.8 Å². The zero-order chi connectivity index (χ0) is 27.6. The second-order valence-corrected chi connectivity index (χ2v) is 12.0. The first kappa shape index (κ1) is 28.6. The molecular weight excluding hydrogens is 594 g/mol. The largest absolute Gasteiger partial charge is 0.349 e. The van der Waals surface area contributed by atoms with Crippen molar-refractivity contribution < 1.29 is 18.0 Å². The van der Waals surface area contributed by atoms with Crippen molar-refractivity contribution in [3.8, 4) is 0 Å². The highest BCUT2D eigenvalue weighted by Crippen LogP contribution is 2.31. The molecule has 1 unspecified atom stereocenters. The van der Waals surface area contributed by atoms with Crippen molar-refractivity contribution in [1.29, 1.82) is 0 Å². The van der Waals surface area contributed by atoms with Crippen LogP contribution in [0.1, 0.15) is 21.5 Å². The number of hydrogen-bond acceptors (Lipinski definition) is 5. The van der Waals surface area contributed by atoms with E-state index in [2.05, 4.69) is 5.32 Å². The van der Waals surface area contributed by atoms with Gasteiger partial charge in [-0.3, -0.25) is 9.59 Å². The number of sulfonamides is 1. The van der Waals surface area contributed by atoms with Crippen LogP contribution in [0.25, 0.3) is 0 Å². The Hall–Kier alpha value is -2.37. The lowest BCUT2D eigenvalue weighted by atomic mass is 10.1. The van der Waals surface area contributed by atoms with Gasteiger partial charge in [0.15, 0.2) is 6.17 Å². The van der Waals surface area contributed by atoms with Gasteiger partial charge in [0.05, 0.1) is 25.0 Å². The van der Waals surface area contributed by atoms with Gasteiger partial charge in [-0.25, -0.2) is 8.42 Å². The topological polar surface area (TPSA) is 113 Å². The van der Waals surface area contributed by atoms with Gasteiger partial charge in [-0.2, -0.15) is 4.31 Å². The number of halogens is 4. The molecule has 0 radical (unpaired) electrons. The molecule has 1 saturated heterocycles. The van der Waals surface area contributed by atoms with Crippen LogP contribution in [0.3, 0.4) is 0 Å². The molecule has 1 atom stereocenters. The molecule has 0 aromatic heterocycles. The van der Waals surface area contributed by atoms with Gasteiger partial charge in [0.2, 0.25) is 10.0 Å². The molecule has 1 aliphatic rings. The number of carbonyl (C=O) groups is 2. The summed E-state index contributed by atoms with van der Waals surface area (Å²) in [5.74, 6) is -1.27. The Balaban J connectivity index is 1.68. The molecular formula is C25H22Cl4N4O4S. The summed E-state index contributed by atoms with van der Waals surface area (Å²) in [5, 5.41) is 3.37. The molecule has 8 nitrogen and oxygen atoms in total. The van der Waals surface area contributed by atoms with E-state index in [-0.39, 0.29) is 50.2 Å². The second kappa shape index (κ2) is 11.8. The van der Waals surface area contributed by atoms with Gasteiger partial charge in [0, 0.05) is 31.7 Å². The molecule has 1 fully saturated rings. The normalized spacial score (nSPS) is 16.0. The lowest BCUT2D eigenvalue weighted by Gasteiger charge is -2.29. The van der Waals surface area contributed by atoms with Crippen LogP contribution in [0.4, 0.5) is 0 Å². The molecule has 38 heavy (non-hydrogen) atoms. The van der Waals surface area contributed by atoms with Crippen LogP contribution in [0.5, 0.6) is 0 Å². The minimum absolute atomic E-state index is 0.0384. The molecule has 1 aliphatic heterocycles. The lowest BCUT2D eigenvalue weighted by molar-refractivity contribution is -0.127. The molecule has 0 bridgehead atoms. The fraction of sp³-hybridized carbons (Fsp3) is 0.200. The maximum Gasteiger partial charge on any atom is 0.259 e. The van der Waals surface area contributed by atoms with Crippen LogP contribution < -0.4 is 11.1 Å². The summed E-state index contributed by atoms with van der Waals surface area (Å²) in [5.41, 5.74) is 7.49. The number of nitrogens with one attached hydrogen (secondary N) is 1. The van der Waals surface area contributed by atoms with Crippen molar-refractivity contribution in [2.75, 3.05) is 13.1 Å². The third-order valence-electron chi connectivity index (χ3n) is 5.98. The fourth-order valence-electron chi connectivity index (χ4n) is 4.06. The Morgan fingerprint density at radius 3 is 2.18 bits per heavy atom. The summed E-state index contributed by atoms with van der Waals surface area (Å²) in [6.45, 7) is 0.251. The van der Waals surface area contributed by atoms with Gasteiger partial charge in [-0.1, -0.05) is 70.7 Å². The summed E-state index contributed by atoms with van der Waals surface area (Å²) in [6, 6.07) is 15.4. The second-order valence-electron chi connectivity index (χ2n) is 8.43. The average molecular weight is 616 g/mol. The minimum Gasteiger partial charge on any atom is -0.349 e. The Labute approximate surface area is 240 Å². The van der Waals surface area contributed by atoms with Gasteiger partial charge in [-0.15, -0.1) is 0 Å². The third kappa shape index (κ3) is 5.94. The number of rotatable bonds is 7. The van der Waals surface area contributed by atoms with E-state index >= 15 is 0 Å². The number of benzene rings is 3. The van der Waals surface area contributed by atoms with Crippen LogP contribution in [-0.2, 0) is 27.9 Å². The molecule has 0 aliphatic carbocycles. The standard InChI is InChI=1S/C25H22Cl4N4O4S/c26-19-6-4-17(11-21(19)28)25(35)32-8-9-33(38(36,37)18-5-7-20(27)22(29)12-18)24(32)23(34)31-14-16-3-1-2-15(10-16)13-30/h1-7,10-12,24H,8-9,13-14,30H2,(H,31,34). The molecule has 0 spiro atoms. The van der Waals surface area contributed by atoms with Crippen molar-refractivity contribution in [2.45, 2.75) is 24.2 Å². The zero-order valence-electron chi connectivity index (χ0n) is 19.7. The molecule has 1 heterocycles. The average Bonchev–Trinajstić information content (AvgIpc) is 3.36. The monoisotopic (exact) mass is 614 g/mol. The number of nitrogens with two attached hydrogens (primary N) is 1. The van der Waals surface area contributed by atoms with Gasteiger partial charge in [-0.05, 0) is 47.5 Å². The SMILES string of the molecule is NCc1cccc(CNC(=O)C2N(C(=O)c3ccc(Cl)c(Cl)c3)CCN2S(=O)(=O)c2ccc(Cl)c(Cl)c2)c1. The van der Waals surface area contributed by atoms with Crippen molar-refractivity contribution in [3.05, 3.63) is 97.4 Å². The highest BCUT2D eigenvalue weighted by molar-refractivity contribution is 7.89. The van der Waals surface area contributed by atoms with Crippen LogP contribution >= 0.6 is 46.4 Å². The highest BCUT2D eigenvalue weighted by atomic mass is 35.5. The number of nitrogens with zero attached hydrogens (tertiary/aromatic N) is 2. The maximum absolute atomic E-state index is 13.6.